The van der Waals surface area contributed by atoms with Crippen molar-refractivity contribution in [3.63, 3.8) is 0 Å². The minimum absolute atomic E-state index is 0.0143. The molecule has 1 aliphatic carbocycles. The molecule has 8 nitrogen and oxygen atoms in total. The number of alkyl carbamates (subject to hydrolysis) is 1. The highest BCUT2D eigenvalue weighted by Gasteiger charge is 2.25. The Balaban J connectivity index is 1.55. The van der Waals surface area contributed by atoms with Crippen LogP contribution in [0.15, 0.2) is 42.7 Å². The maximum absolute atomic E-state index is 11.5. The van der Waals surface area contributed by atoms with Crippen LogP contribution < -0.4 is 20.1 Å². The zero-order valence-corrected chi connectivity index (χ0v) is 18.6. The molecule has 0 atom stereocenters. The first kappa shape index (κ1) is 22.2. The van der Waals surface area contributed by atoms with Crippen LogP contribution in [0.25, 0.3) is 10.9 Å². The molecular formula is C25H26N4O4. The Morgan fingerprint density at radius 2 is 1.91 bits per heavy atom. The van der Waals surface area contributed by atoms with Crippen molar-refractivity contribution >= 4 is 28.5 Å². The number of benzene rings is 2. The van der Waals surface area contributed by atoms with E-state index < -0.39 is 6.09 Å². The highest BCUT2D eigenvalue weighted by Crippen LogP contribution is 2.37. The highest BCUT2D eigenvalue weighted by molar-refractivity contribution is 5.93. The Kier molecular flexibility index (Phi) is 6.79. The van der Waals surface area contributed by atoms with Crippen molar-refractivity contribution in [2.45, 2.75) is 37.8 Å². The number of fused-ring (bicyclic) bond motifs is 1. The largest absolute Gasteiger partial charge is 0.493 e. The summed E-state index contributed by atoms with van der Waals surface area (Å²) in [5.74, 6) is 4.52. The van der Waals surface area contributed by atoms with Gasteiger partial charge in [-0.1, -0.05) is 12.0 Å². The summed E-state index contributed by atoms with van der Waals surface area (Å²) < 4.78 is 16.6. The molecule has 2 aromatic carbocycles. The second-order valence-electron chi connectivity index (χ2n) is 7.82. The first-order chi connectivity index (χ1) is 16.1. The van der Waals surface area contributed by atoms with E-state index in [2.05, 4.69) is 31.3 Å². The Morgan fingerprint density at radius 1 is 1.09 bits per heavy atom. The van der Waals surface area contributed by atoms with E-state index >= 15 is 0 Å². The van der Waals surface area contributed by atoms with Crippen LogP contribution in [-0.2, 0) is 4.74 Å². The standard InChI is InChI=1S/C25H26N4O4/c1-4-16-6-5-7-18(12-16)28-24-20-13-23(22(31-2)14-21(20)26-15-27-24)33-19-10-8-17(9-11-19)29-25(30)32-3/h1,5-7,12-15,17,19H,8-11H2,2-3H3,(H,29,30)(H,26,27,28). The summed E-state index contributed by atoms with van der Waals surface area (Å²) in [6, 6.07) is 11.4. The smallest absolute Gasteiger partial charge is 0.407 e. The summed E-state index contributed by atoms with van der Waals surface area (Å²) >= 11 is 0. The molecule has 1 aliphatic rings. The van der Waals surface area contributed by atoms with Crippen LogP contribution in [0.3, 0.4) is 0 Å². The number of nitrogens with zero attached hydrogens (tertiary/aromatic N) is 2. The molecule has 0 aliphatic heterocycles. The van der Waals surface area contributed by atoms with Gasteiger partial charge in [0, 0.05) is 28.7 Å². The summed E-state index contributed by atoms with van der Waals surface area (Å²) in [5, 5.41) is 6.99. The van der Waals surface area contributed by atoms with E-state index in [4.69, 9.17) is 15.9 Å². The summed E-state index contributed by atoms with van der Waals surface area (Å²) in [6.45, 7) is 0. The van der Waals surface area contributed by atoms with Gasteiger partial charge >= 0.3 is 6.09 Å². The van der Waals surface area contributed by atoms with Gasteiger partial charge in [0.05, 0.1) is 25.8 Å². The molecule has 0 saturated heterocycles. The molecular weight excluding hydrogens is 420 g/mol. The number of amides is 1. The number of carbonyl (C=O) groups is 1. The number of ether oxygens (including phenoxy) is 3. The van der Waals surface area contributed by atoms with Gasteiger partial charge < -0.3 is 24.8 Å². The van der Waals surface area contributed by atoms with E-state index in [0.717, 1.165) is 47.8 Å². The average molecular weight is 447 g/mol. The van der Waals surface area contributed by atoms with E-state index in [9.17, 15) is 4.79 Å². The fourth-order valence-corrected chi connectivity index (χ4v) is 3.97. The molecule has 170 valence electrons. The highest BCUT2D eigenvalue weighted by atomic mass is 16.5. The van der Waals surface area contributed by atoms with Crippen molar-refractivity contribution in [3.05, 3.63) is 48.3 Å². The van der Waals surface area contributed by atoms with Crippen LogP contribution in [0.5, 0.6) is 11.5 Å². The minimum Gasteiger partial charge on any atom is -0.493 e. The predicted octanol–water partition coefficient (Wildman–Crippen LogP) is 4.41. The van der Waals surface area contributed by atoms with Crippen molar-refractivity contribution in [1.82, 2.24) is 15.3 Å². The van der Waals surface area contributed by atoms with Crippen LogP contribution in [-0.4, -0.2) is 42.4 Å². The van der Waals surface area contributed by atoms with E-state index in [-0.39, 0.29) is 12.1 Å². The molecule has 1 aromatic heterocycles. The molecule has 0 bridgehead atoms. The summed E-state index contributed by atoms with van der Waals surface area (Å²) in [4.78, 5) is 20.3. The maximum Gasteiger partial charge on any atom is 0.407 e. The predicted molar refractivity (Wildman–Crippen MR) is 126 cm³/mol. The lowest BCUT2D eigenvalue weighted by atomic mass is 9.93. The third kappa shape index (κ3) is 5.26. The van der Waals surface area contributed by atoms with Gasteiger partial charge in [0.1, 0.15) is 12.1 Å². The number of carbonyl (C=O) groups excluding carboxylic acids is 1. The van der Waals surface area contributed by atoms with Gasteiger partial charge in [-0.2, -0.15) is 0 Å². The van der Waals surface area contributed by atoms with Crippen LogP contribution >= 0.6 is 0 Å². The molecule has 8 heteroatoms. The number of terminal acetylenes is 1. The van der Waals surface area contributed by atoms with Gasteiger partial charge in [-0.25, -0.2) is 14.8 Å². The van der Waals surface area contributed by atoms with Crippen LogP contribution in [0, 0.1) is 12.3 Å². The SMILES string of the molecule is C#Cc1cccc(Nc2ncnc3cc(OC)c(OC4CCC(NC(=O)OC)CC4)cc23)c1. The lowest BCUT2D eigenvalue weighted by Gasteiger charge is -2.29. The summed E-state index contributed by atoms with van der Waals surface area (Å²) in [6.07, 6.45) is 9.90. The molecule has 1 amide bonds. The number of hydrogen-bond donors (Lipinski definition) is 2. The average Bonchev–Trinajstić information content (AvgIpc) is 2.85. The summed E-state index contributed by atoms with van der Waals surface area (Å²) in [5.41, 5.74) is 2.34. The van der Waals surface area contributed by atoms with E-state index in [1.54, 1.807) is 7.11 Å². The van der Waals surface area contributed by atoms with Gasteiger partial charge in [0.25, 0.3) is 0 Å². The van der Waals surface area contributed by atoms with Crippen molar-refractivity contribution in [2.75, 3.05) is 19.5 Å². The number of hydrogen-bond acceptors (Lipinski definition) is 7. The third-order valence-corrected chi connectivity index (χ3v) is 5.69. The van der Waals surface area contributed by atoms with Gasteiger partial charge in [0.15, 0.2) is 11.5 Å². The van der Waals surface area contributed by atoms with E-state index in [1.807, 2.05) is 36.4 Å². The topological polar surface area (TPSA) is 94.6 Å². The number of nitrogens with one attached hydrogen (secondary N) is 2. The minimum atomic E-state index is -0.400. The Labute approximate surface area is 192 Å². The Hall–Kier alpha value is -3.99. The molecule has 0 unspecified atom stereocenters. The molecule has 0 spiro atoms. The number of rotatable bonds is 6. The first-order valence-electron chi connectivity index (χ1n) is 10.8. The molecule has 4 rings (SSSR count). The lowest BCUT2D eigenvalue weighted by molar-refractivity contribution is 0.126. The third-order valence-electron chi connectivity index (χ3n) is 5.69. The molecule has 1 heterocycles. The van der Waals surface area contributed by atoms with Gasteiger partial charge in [-0.15, -0.1) is 6.42 Å². The second-order valence-corrected chi connectivity index (χ2v) is 7.82. The molecule has 0 radical (unpaired) electrons. The van der Waals surface area contributed by atoms with Crippen molar-refractivity contribution < 1.29 is 19.0 Å². The number of aromatic nitrogens is 2. The molecule has 33 heavy (non-hydrogen) atoms. The maximum atomic E-state index is 11.5. The number of methoxy groups -OCH3 is 2. The zero-order chi connectivity index (χ0) is 23.2. The van der Waals surface area contributed by atoms with Gasteiger partial charge in [0.2, 0.25) is 0 Å². The summed E-state index contributed by atoms with van der Waals surface area (Å²) in [7, 11) is 2.98. The zero-order valence-electron chi connectivity index (χ0n) is 18.6. The molecule has 1 saturated carbocycles. The fourth-order valence-electron chi connectivity index (χ4n) is 3.97. The monoisotopic (exact) mass is 446 g/mol. The van der Waals surface area contributed by atoms with Gasteiger partial charge in [-0.3, -0.25) is 0 Å². The second kappa shape index (κ2) is 10.1. The van der Waals surface area contributed by atoms with Crippen LogP contribution in [0.1, 0.15) is 31.2 Å². The first-order valence-corrected chi connectivity index (χ1v) is 10.8. The number of anilines is 2. The van der Waals surface area contributed by atoms with Crippen molar-refractivity contribution in [3.8, 4) is 23.8 Å². The Morgan fingerprint density at radius 3 is 2.64 bits per heavy atom. The van der Waals surface area contributed by atoms with Crippen LogP contribution in [0.4, 0.5) is 16.3 Å². The van der Waals surface area contributed by atoms with E-state index in [1.165, 1.54) is 13.4 Å². The van der Waals surface area contributed by atoms with Crippen LogP contribution in [0.2, 0.25) is 0 Å². The lowest BCUT2D eigenvalue weighted by Crippen LogP contribution is -2.39. The Bertz CT molecular complexity index is 1180. The van der Waals surface area contributed by atoms with E-state index in [0.29, 0.717) is 17.3 Å². The quantitative estimate of drug-likeness (QED) is 0.542. The molecule has 3 aromatic rings. The van der Waals surface area contributed by atoms with Gasteiger partial charge in [-0.05, 0) is 49.9 Å². The molecule has 2 N–H and O–H groups in total. The van der Waals surface area contributed by atoms with Crippen molar-refractivity contribution in [1.29, 1.82) is 0 Å². The fraction of sp³-hybridized carbons (Fsp3) is 0.320. The molecule has 1 fully saturated rings. The van der Waals surface area contributed by atoms with Crippen molar-refractivity contribution in [2.24, 2.45) is 0 Å². The normalized spacial score (nSPS) is 17.6.